The van der Waals surface area contributed by atoms with Crippen LogP contribution >= 0.6 is 0 Å². The standard InChI is InChI=1S/C20H29NO2Si/c1-13-17-10-15(22)11-20(17,21)12-18(24(3,4)5)19(13)14-6-8-16(23-2)9-7-14/h6-9,15,17,22H,1,10-12,21H2,2-5H3/t15-,17+,20-/m0/s1. The third kappa shape index (κ3) is 2.87. The zero-order valence-electron chi connectivity index (χ0n) is 15.2. The maximum atomic E-state index is 10.2. The number of nitrogens with two attached hydrogens (primary N) is 1. The highest BCUT2D eigenvalue weighted by molar-refractivity contribution is 6.84. The predicted octanol–water partition coefficient (Wildman–Crippen LogP) is 3.75. The van der Waals surface area contributed by atoms with Crippen LogP contribution < -0.4 is 10.5 Å². The maximum Gasteiger partial charge on any atom is 0.118 e. The van der Waals surface area contributed by atoms with Crippen LogP contribution in [0.2, 0.25) is 19.6 Å². The molecule has 2 aliphatic rings. The number of hydrogen-bond acceptors (Lipinski definition) is 3. The van der Waals surface area contributed by atoms with Gasteiger partial charge in [-0.1, -0.05) is 43.5 Å². The summed E-state index contributed by atoms with van der Waals surface area (Å²) in [5.41, 5.74) is 10.0. The van der Waals surface area contributed by atoms with Crippen LogP contribution in [0.5, 0.6) is 5.75 Å². The third-order valence-corrected chi connectivity index (χ3v) is 7.89. The molecule has 0 heterocycles. The Hall–Kier alpha value is -1.36. The molecule has 3 atom stereocenters. The quantitative estimate of drug-likeness (QED) is 0.822. The Morgan fingerprint density at radius 1 is 1.25 bits per heavy atom. The lowest BCUT2D eigenvalue weighted by atomic mass is 9.72. The number of ether oxygens (including phenoxy) is 1. The molecule has 1 saturated carbocycles. The van der Waals surface area contributed by atoms with Gasteiger partial charge in [-0.25, -0.2) is 0 Å². The van der Waals surface area contributed by atoms with Crippen molar-refractivity contribution < 1.29 is 9.84 Å². The normalized spacial score (nSPS) is 30.5. The molecule has 0 radical (unpaired) electrons. The number of methoxy groups -OCH3 is 1. The summed E-state index contributed by atoms with van der Waals surface area (Å²) in [6.45, 7) is 11.6. The molecule has 0 aliphatic heterocycles. The summed E-state index contributed by atoms with van der Waals surface area (Å²) < 4.78 is 5.29. The number of rotatable bonds is 3. The van der Waals surface area contributed by atoms with Crippen molar-refractivity contribution in [1.82, 2.24) is 0 Å². The van der Waals surface area contributed by atoms with Crippen molar-refractivity contribution in [2.75, 3.05) is 7.11 Å². The number of fused-ring (bicyclic) bond motifs is 1. The highest BCUT2D eigenvalue weighted by Crippen LogP contribution is 2.52. The zero-order chi connectivity index (χ0) is 17.7. The minimum absolute atomic E-state index is 0.171. The summed E-state index contributed by atoms with van der Waals surface area (Å²) in [6.07, 6.45) is 1.98. The van der Waals surface area contributed by atoms with Crippen molar-refractivity contribution in [3.8, 4) is 5.75 Å². The van der Waals surface area contributed by atoms with Crippen molar-refractivity contribution in [2.45, 2.75) is 50.5 Å². The maximum absolute atomic E-state index is 10.2. The molecule has 0 amide bonds. The molecule has 1 fully saturated rings. The SMILES string of the molecule is C=C1C(c2ccc(OC)cc2)=C([Si](C)(C)C)C[C@@]2(N)C[C@@H](O)C[C@H]12. The minimum atomic E-state index is -1.57. The van der Waals surface area contributed by atoms with Crippen LogP contribution in [-0.2, 0) is 0 Å². The lowest BCUT2D eigenvalue weighted by Gasteiger charge is -2.43. The molecule has 4 heteroatoms. The van der Waals surface area contributed by atoms with Crippen molar-refractivity contribution in [3.63, 3.8) is 0 Å². The van der Waals surface area contributed by atoms with Crippen LogP contribution in [0.4, 0.5) is 0 Å². The molecular weight excluding hydrogens is 314 g/mol. The molecule has 3 rings (SSSR count). The Kier molecular flexibility index (Phi) is 4.27. The van der Waals surface area contributed by atoms with E-state index in [2.05, 4.69) is 38.4 Å². The molecule has 0 saturated heterocycles. The Labute approximate surface area is 146 Å². The summed E-state index contributed by atoms with van der Waals surface area (Å²) >= 11 is 0. The average Bonchev–Trinajstić information content (AvgIpc) is 2.81. The van der Waals surface area contributed by atoms with Crippen LogP contribution in [0.15, 0.2) is 41.6 Å². The lowest BCUT2D eigenvalue weighted by Crippen LogP contribution is -2.49. The fourth-order valence-corrected chi connectivity index (χ4v) is 6.31. The van der Waals surface area contributed by atoms with Gasteiger partial charge in [-0.05, 0) is 48.1 Å². The lowest BCUT2D eigenvalue weighted by molar-refractivity contribution is 0.173. The fraction of sp³-hybridized carbons (Fsp3) is 0.500. The first-order valence-corrected chi connectivity index (χ1v) is 12.2. The summed E-state index contributed by atoms with van der Waals surface area (Å²) in [6, 6.07) is 8.25. The van der Waals surface area contributed by atoms with E-state index >= 15 is 0 Å². The number of benzene rings is 1. The Bertz CT molecular complexity index is 687. The second-order valence-corrected chi connectivity index (χ2v) is 13.5. The summed E-state index contributed by atoms with van der Waals surface area (Å²) in [4.78, 5) is 0. The van der Waals surface area contributed by atoms with Gasteiger partial charge in [0.15, 0.2) is 0 Å². The van der Waals surface area contributed by atoms with E-state index in [1.54, 1.807) is 7.11 Å². The van der Waals surface area contributed by atoms with Gasteiger partial charge in [0.25, 0.3) is 0 Å². The zero-order valence-corrected chi connectivity index (χ0v) is 16.2. The van der Waals surface area contributed by atoms with E-state index in [-0.39, 0.29) is 17.6 Å². The second kappa shape index (κ2) is 5.87. The molecule has 1 aromatic rings. The molecule has 0 aromatic heterocycles. The van der Waals surface area contributed by atoms with Gasteiger partial charge in [-0.2, -0.15) is 0 Å². The largest absolute Gasteiger partial charge is 0.497 e. The van der Waals surface area contributed by atoms with Gasteiger partial charge >= 0.3 is 0 Å². The van der Waals surface area contributed by atoms with E-state index in [0.29, 0.717) is 6.42 Å². The van der Waals surface area contributed by atoms with Crippen LogP contribution in [0, 0.1) is 5.92 Å². The molecular formula is C20H29NO2Si. The van der Waals surface area contributed by atoms with Gasteiger partial charge in [-0.15, -0.1) is 0 Å². The summed E-state index contributed by atoms with van der Waals surface area (Å²) in [7, 11) is 0.116. The molecule has 3 N–H and O–H groups in total. The van der Waals surface area contributed by atoms with Crippen molar-refractivity contribution >= 4 is 13.6 Å². The first kappa shape index (κ1) is 17.5. The molecule has 2 aliphatic carbocycles. The molecule has 130 valence electrons. The number of aliphatic hydroxyl groups is 1. The monoisotopic (exact) mass is 343 g/mol. The van der Waals surface area contributed by atoms with Gasteiger partial charge in [-0.3, -0.25) is 0 Å². The summed E-state index contributed by atoms with van der Waals surface area (Å²) in [5, 5.41) is 11.7. The van der Waals surface area contributed by atoms with Crippen molar-refractivity contribution in [3.05, 3.63) is 47.2 Å². The number of aliphatic hydroxyl groups excluding tert-OH is 1. The molecule has 3 nitrogen and oxygen atoms in total. The van der Waals surface area contributed by atoms with E-state index in [0.717, 1.165) is 24.2 Å². The fourth-order valence-electron chi connectivity index (χ4n) is 4.40. The van der Waals surface area contributed by atoms with Gasteiger partial charge in [0.2, 0.25) is 0 Å². The van der Waals surface area contributed by atoms with Crippen molar-refractivity contribution in [1.29, 1.82) is 0 Å². The first-order chi connectivity index (χ1) is 11.2. The second-order valence-electron chi connectivity index (χ2n) is 8.41. The Morgan fingerprint density at radius 3 is 2.42 bits per heavy atom. The van der Waals surface area contributed by atoms with E-state index in [4.69, 9.17) is 10.5 Å². The third-order valence-electron chi connectivity index (χ3n) is 5.65. The number of allylic oxidation sites excluding steroid dienone is 1. The number of hydrogen-bond donors (Lipinski definition) is 2. The topological polar surface area (TPSA) is 55.5 Å². The molecule has 0 unspecified atom stereocenters. The highest BCUT2D eigenvalue weighted by atomic mass is 28.3. The molecule has 24 heavy (non-hydrogen) atoms. The van der Waals surface area contributed by atoms with Crippen LogP contribution in [0.25, 0.3) is 5.57 Å². The Morgan fingerprint density at radius 2 is 1.88 bits per heavy atom. The van der Waals surface area contributed by atoms with Gasteiger partial charge < -0.3 is 15.6 Å². The smallest absolute Gasteiger partial charge is 0.118 e. The average molecular weight is 344 g/mol. The minimum Gasteiger partial charge on any atom is -0.497 e. The highest BCUT2D eigenvalue weighted by Gasteiger charge is 2.50. The van der Waals surface area contributed by atoms with Crippen LogP contribution in [0.3, 0.4) is 0 Å². The molecule has 0 bridgehead atoms. The van der Waals surface area contributed by atoms with E-state index in [9.17, 15) is 5.11 Å². The summed E-state index contributed by atoms with van der Waals surface area (Å²) in [5.74, 6) is 1.03. The van der Waals surface area contributed by atoms with E-state index in [1.165, 1.54) is 16.3 Å². The molecule has 0 spiro atoms. The predicted molar refractivity (Wildman–Crippen MR) is 103 cm³/mol. The molecule has 1 aromatic carbocycles. The first-order valence-electron chi connectivity index (χ1n) is 8.70. The van der Waals surface area contributed by atoms with Gasteiger partial charge in [0.05, 0.1) is 21.3 Å². The van der Waals surface area contributed by atoms with Crippen LogP contribution in [-0.4, -0.2) is 31.9 Å². The van der Waals surface area contributed by atoms with Gasteiger partial charge in [0, 0.05) is 11.5 Å². The van der Waals surface area contributed by atoms with Gasteiger partial charge in [0.1, 0.15) is 5.75 Å². The van der Waals surface area contributed by atoms with Crippen LogP contribution in [0.1, 0.15) is 24.8 Å². The van der Waals surface area contributed by atoms with E-state index < -0.39 is 8.07 Å². The Balaban J connectivity index is 2.14. The van der Waals surface area contributed by atoms with E-state index in [1.807, 2.05) is 12.1 Å². The van der Waals surface area contributed by atoms with Crippen molar-refractivity contribution in [2.24, 2.45) is 11.7 Å².